The van der Waals surface area contributed by atoms with Crippen molar-refractivity contribution >= 4 is 0 Å². The van der Waals surface area contributed by atoms with E-state index < -0.39 is 0 Å². The van der Waals surface area contributed by atoms with Crippen LogP contribution in [0.1, 0.15) is 30.0 Å². The highest BCUT2D eigenvalue weighted by atomic mass is 16.5. The average Bonchev–Trinajstić information content (AvgIpc) is 2.19. The number of aliphatic hydroxyl groups excluding tert-OH is 1. The van der Waals surface area contributed by atoms with E-state index >= 15 is 0 Å². The van der Waals surface area contributed by atoms with Gasteiger partial charge in [0.2, 0.25) is 0 Å². The number of hydrogen-bond donors (Lipinski definition) is 1. The molecule has 0 fully saturated rings. The molecule has 0 aliphatic rings. The Bertz CT molecular complexity index is 332. The number of aliphatic hydroxyl groups is 1. The van der Waals surface area contributed by atoms with E-state index in [1.54, 1.807) is 0 Å². The van der Waals surface area contributed by atoms with Gasteiger partial charge in [0.1, 0.15) is 5.75 Å². The molecule has 0 spiro atoms. The van der Waals surface area contributed by atoms with Crippen LogP contribution >= 0.6 is 0 Å². The quantitative estimate of drug-likeness (QED) is 0.824. The lowest BCUT2D eigenvalue weighted by Crippen LogP contribution is -2.15. The topological polar surface area (TPSA) is 29.5 Å². The molecular formula is C13H20O2. The summed E-state index contributed by atoms with van der Waals surface area (Å²) in [6.45, 7) is 8.36. The van der Waals surface area contributed by atoms with Gasteiger partial charge < -0.3 is 9.84 Å². The first-order valence-electron chi connectivity index (χ1n) is 5.40. The lowest BCUT2D eigenvalue weighted by atomic mass is 10.1. The molecule has 0 saturated heterocycles. The highest BCUT2D eigenvalue weighted by Crippen LogP contribution is 2.26. The van der Waals surface area contributed by atoms with Gasteiger partial charge in [0.25, 0.3) is 0 Å². The number of benzene rings is 1. The van der Waals surface area contributed by atoms with Gasteiger partial charge in [-0.05, 0) is 44.4 Å². The number of rotatable bonds is 4. The van der Waals surface area contributed by atoms with Crippen molar-refractivity contribution in [3.63, 3.8) is 0 Å². The van der Waals surface area contributed by atoms with Crippen molar-refractivity contribution in [2.75, 3.05) is 6.61 Å². The first-order valence-corrected chi connectivity index (χ1v) is 5.40. The highest BCUT2D eigenvalue weighted by molar-refractivity contribution is 5.44. The molecule has 0 heterocycles. The molecule has 15 heavy (non-hydrogen) atoms. The zero-order valence-electron chi connectivity index (χ0n) is 10.0. The Kier molecular flexibility index (Phi) is 4.15. The fourth-order valence-electron chi connectivity index (χ4n) is 1.55. The monoisotopic (exact) mass is 208 g/mol. The minimum atomic E-state index is 0.0641. The van der Waals surface area contributed by atoms with Crippen molar-refractivity contribution in [3.05, 3.63) is 28.8 Å². The summed E-state index contributed by atoms with van der Waals surface area (Å²) in [7, 11) is 0. The summed E-state index contributed by atoms with van der Waals surface area (Å²) in [5, 5.41) is 8.83. The van der Waals surface area contributed by atoms with Crippen LogP contribution in [-0.2, 0) is 0 Å². The minimum absolute atomic E-state index is 0.0641. The van der Waals surface area contributed by atoms with Crippen LogP contribution in [0.3, 0.4) is 0 Å². The van der Waals surface area contributed by atoms with Crippen molar-refractivity contribution < 1.29 is 9.84 Å². The number of ether oxygens (including phenoxy) is 1. The molecule has 2 nitrogen and oxygen atoms in total. The van der Waals surface area contributed by atoms with E-state index in [1.807, 2.05) is 13.8 Å². The van der Waals surface area contributed by atoms with Gasteiger partial charge in [-0.2, -0.15) is 0 Å². The van der Waals surface area contributed by atoms with E-state index in [4.69, 9.17) is 9.84 Å². The fourth-order valence-corrected chi connectivity index (χ4v) is 1.55. The molecule has 2 heteroatoms. The smallest absolute Gasteiger partial charge is 0.125 e. The minimum Gasteiger partial charge on any atom is -0.490 e. The van der Waals surface area contributed by atoms with Crippen LogP contribution in [0.25, 0.3) is 0 Å². The average molecular weight is 208 g/mol. The van der Waals surface area contributed by atoms with Crippen molar-refractivity contribution in [2.24, 2.45) is 0 Å². The molecule has 1 N–H and O–H groups in total. The lowest BCUT2D eigenvalue weighted by Gasteiger charge is -2.18. The largest absolute Gasteiger partial charge is 0.490 e. The molecule has 1 rings (SSSR count). The van der Waals surface area contributed by atoms with E-state index in [-0.39, 0.29) is 12.7 Å². The van der Waals surface area contributed by atoms with Crippen LogP contribution in [0.2, 0.25) is 0 Å². The van der Waals surface area contributed by atoms with Gasteiger partial charge in [-0.3, -0.25) is 0 Å². The first kappa shape index (κ1) is 12.1. The van der Waals surface area contributed by atoms with Gasteiger partial charge in [0.05, 0.1) is 6.10 Å². The summed E-state index contributed by atoms with van der Waals surface area (Å²) in [6.07, 6.45) is 0.738. The number of aryl methyl sites for hydroxylation is 2. The first-order chi connectivity index (χ1) is 7.06. The molecule has 0 amide bonds. The second-order valence-corrected chi connectivity index (χ2v) is 4.09. The predicted octanol–water partition coefficient (Wildman–Crippen LogP) is 2.76. The molecule has 1 aromatic carbocycles. The van der Waals surface area contributed by atoms with Crippen LogP contribution in [0.5, 0.6) is 5.75 Å². The Hall–Kier alpha value is -1.02. The second kappa shape index (κ2) is 5.17. The van der Waals surface area contributed by atoms with Crippen LogP contribution in [-0.4, -0.2) is 17.8 Å². The second-order valence-electron chi connectivity index (χ2n) is 4.09. The van der Waals surface area contributed by atoms with Crippen molar-refractivity contribution in [2.45, 2.75) is 40.2 Å². The maximum atomic E-state index is 8.83. The molecule has 0 saturated carbocycles. The predicted molar refractivity (Wildman–Crippen MR) is 62.4 cm³/mol. The maximum absolute atomic E-state index is 8.83. The summed E-state index contributed by atoms with van der Waals surface area (Å²) >= 11 is 0. The van der Waals surface area contributed by atoms with Gasteiger partial charge in [-0.1, -0.05) is 12.1 Å². The van der Waals surface area contributed by atoms with E-state index in [2.05, 4.69) is 26.0 Å². The van der Waals surface area contributed by atoms with Gasteiger partial charge in [0.15, 0.2) is 0 Å². The molecule has 0 radical (unpaired) electrons. The van der Waals surface area contributed by atoms with Crippen LogP contribution in [0.4, 0.5) is 0 Å². The zero-order valence-corrected chi connectivity index (χ0v) is 10.0. The standard InChI is InChI=1S/C13H20O2/c1-9-5-6-10(2)13(12(9)4)15-11(3)7-8-14/h5-6,11,14H,7-8H2,1-4H3. The maximum Gasteiger partial charge on any atom is 0.125 e. The molecule has 0 aliphatic heterocycles. The Labute approximate surface area is 91.9 Å². The zero-order chi connectivity index (χ0) is 11.4. The third-order valence-corrected chi connectivity index (χ3v) is 2.73. The van der Waals surface area contributed by atoms with E-state index in [9.17, 15) is 0 Å². The van der Waals surface area contributed by atoms with Gasteiger partial charge in [-0.25, -0.2) is 0 Å². The molecule has 1 atom stereocenters. The summed E-state index contributed by atoms with van der Waals surface area (Å²) in [5.74, 6) is 0.968. The van der Waals surface area contributed by atoms with E-state index in [0.29, 0.717) is 6.42 Å². The Balaban J connectivity index is 2.88. The molecule has 0 bridgehead atoms. The summed E-state index contributed by atoms with van der Waals surface area (Å²) in [5.41, 5.74) is 3.59. The highest BCUT2D eigenvalue weighted by Gasteiger charge is 2.09. The molecule has 0 aliphatic carbocycles. The van der Waals surface area contributed by atoms with Gasteiger partial charge in [0, 0.05) is 13.0 Å². The van der Waals surface area contributed by atoms with Crippen molar-refractivity contribution in [1.82, 2.24) is 0 Å². The Morgan fingerprint density at radius 3 is 2.40 bits per heavy atom. The lowest BCUT2D eigenvalue weighted by molar-refractivity contribution is 0.167. The summed E-state index contributed by atoms with van der Waals surface area (Å²) in [4.78, 5) is 0. The molecular weight excluding hydrogens is 188 g/mol. The normalized spacial score (nSPS) is 12.6. The van der Waals surface area contributed by atoms with Crippen LogP contribution < -0.4 is 4.74 Å². The molecule has 1 aromatic rings. The number of hydrogen-bond acceptors (Lipinski definition) is 2. The molecule has 0 aromatic heterocycles. The Morgan fingerprint density at radius 1 is 1.20 bits per heavy atom. The van der Waals surface area contributed by atoms with Crippen LogP contribution in [0, 0.1) is 20.8 Å². The fraction of sp³-hybridized carbons (Fsp3) is 0.538. The van der Waals surface area contributed by atoms with Crippen molar-refractivity contribution in [3.8, 4) is 5.75 Å². The Morgan fingerprint density at radius 2 is 1.80 bits per heavy atom. The van der Waals surface area contributed by atoms with Crippen molar-refractivity contribution in [1.29, 1.82) is 0 Å². The molecule has 1 unspecified atom stereocenters. The van der Waals surface area contributed by atoms with Gasteiger partial charge >= 0.3 is 0 Å². The van der Waals surface area contributed by atoms with E-state index in [1.165, 1.54) is 11.1 Å². The third kappa shape index (κ3) is 2.96. The SMILES string of the molecule is Cc1ccc(C)c(OC(C)CCO)c1C. The van der Waals surface area contributed by atoms with Gasteiger partial charge in [-0.15, -0.1) is 0 Å². The molecule has 84 valence electrons. The summed E-state index contributed by atoms with van der Waals surface area (Å²) < 4.78 is 5.84. The van der Waals surface area contributed by atoms with E-state index in [0.717, 1.165) is 11.3 Å². The third-order valence-electron chi connectivity index (χ3n) is 2.73. The van der Waals surface area contributed by atoms with Crippen LogP contribution in [0.15, 0.2) is 12.1 Å². The summed E-state index contributed by atoms with van der Waals surface area (Å²) in [6, 6.07) is 4.18.